The second kappa shape index (κ2) is 5.25. The zero-order valence-corrected chi connectivity index (χ0v) is 10.6. The summed E-state index contributed by atoms with van der Waals surface area (Å²) in [4.78, 5) is 2.09. The van der Waals surface area contributed by atoms with E-state index in [0.717, 1.165) is 9.79 Å². The molecule has 86 valence electrons. The number of nitrogens with two attached hydrogens (primary N) is 1. The Morgan fingerprint density at radius 3 is 2.41 bits per heavy atom. The molecule has 0 saturated carbocycles. The fourth-order valence-corrected chi connectivity index (χ4v) is 2.50. The first kappa shape index (κ1) is 12.0. The van der Waals surface area contributed by atoms with E-state index in [4.69, 9.17) is 22.7 Å². The molecule has 2 rings (SSSR count). The van der Waals surface area contributed by atoms with E-state index >= 15 is 0 Å². The second-order valence-corrected chi connectivity index (χ2v) is 5.00. The third-order valence-corrected chi connectivity index (χ3v) is 3.72. The van der Waals surface area contributed by atoms with Crippen LogP contribution in [0.15, 0.2) is 58.3 Å². The van der Waals surface area contributed by atoms with Gasteiger partial charge in [0, 0.05) is 15.4 Å². The number of amidine groups is 1. The minimum Gasteiger partial charge on any atom is -0.384 e. The maximum Gasteiger partial charge on any atom is 0.122 e. The van der Waals surface area contributed by atoms with Crippen LogP contribution in [0.5, 0.6) is 0 Å². The molecule has 0 fully saturated rings. The molecule has 0 saturated heterocycles. The Morgan fingerprint density at radius 1 is 1.12 bits per heavy atom. The van der Waals surface area contributed by atoms with E-state index in [1.54, 1.807) is 23.9 Å². The Bertz CT molecular complexity index is 540. The SMILES string of the molecule is N=C(N)c1ccc(Sc2ccccc2)c(Cl)c1. The van der Waals surface area contributed by atoms with Gasteiger partial charge in [-0.2, -0.15) is 0 Å². The monoisotopic (exact) mass is 262 g/mol. The predicted octanol–water partition coefficient (Wildman–Crippen LogP) is 3.78. The highest BCUT2D eigenvalue weighted by atomic mass is 35.5. The first-order valence-electron chi connectivity index (χ1n) is 5.03. The molecule has 0 atom stereocenters. The van der Waals surface area contributed by atoms with E-state index in [1.807, 2.05) is 36.4 Å². The molecular formula is C13H11ClN2S. The van der Waals surface area contributed by atoms with Crippen LogP contribution in [0.2, 0.25) is 5.02 Å². The van der Waals surface area contributed by atoms with Gasteiger partial charge in [-0.15, -0.1) is 0 Å². The Labute approximate surface area is 109 Å². The lowest BCUT2D eigenvalue weighted by Crippen LogP contribution is -2.10. The maximum absolute atomic E-state index is 7.34. The molecule has 3 N–H and O–H groups in total. The van der Waals surface area contributed by atoms with E-state index in [1.165, 1.54) is 0 Å². The van der Waals surface area contributed by atoms with Crippen LogP contribution >= 0.6 is 23.4 Å². The zero-order valence-electron chi connectivity index (χ0n) is 8.98. The largest absolute Gasteiger partial charge is 0.384 e. The molecule has 4 heteroatoms. The number of rotatable bonds is 3. The average molecular weight is 263 g/mol. The number of nitrogens with one attached hydrogen (secondary N) is 1. The first-order chi connectivity index (χ1) is 8.16. The molecule has 0 aromatic heterocycles. The van der Waals surface area contributed by atoms with Gasteiger partial charge >= 0.3 is 0 Å². The van der Waals surface area contributed by atoms with Crippen LogP contribution in [0, 0.1) is 5.41 Å². The number of hydrogen-bond acceptors (Lipinski definition) is 2. The van der Waals surface area contributed by atoms with Crippen LogP contribution in [-0.2, 0) is 0 Å². The predicted molar refractivity (Wildman–Crippen MR) is 73.0 cm³/mol. The number of hydrogen-bond donors (Lipinski definition) is 2. The zero-order chi connectivity index (χ0) is 12.3. The van der Waals surface area contributed by atoms with Crippen LogP contribution in [-0.4, -0.2) is 5.84 Å². The van der Waals surface area contributed by atoms with Crippen molar-refractivity contribution in [1.29, 1.82) is 5.41 Å². The van der Waals surface area contributed by atoms with Gasteiger partial charge in [0.2, 0.25) is 0 Å². The van der Waals surface area contributed by atoms with Crippen molar-refractivity contribution in [3.8, 4) is 0 Å². The van der Waals surface area contributed by atoms with Gasteiger partial charge in [-0.1, -0.05) is 47.6 Å². The molecule has 0 aliphatic heterocycles. The summed E-state index contributed by atoms with van der Waals surface area (Å²) in [6, 6.07) is 15.4. The standard InChI is InChI=1S/C13H11ClN2S/c14-11-8-9(13(15)16)6-7-12(11)17-10-4-2-1-3-5-10/h1-8H,(H3,15,16). The molecule has 2 aromatic carbocycles. The summed E-state index contributed by atoms with van der Waals surface area (Å²) < 4.78 is 0. The van der Waals surface area contributed by atoms with E-state index < -0.39 is 0 Å². The highest BCUT2D eigenvalue weighted by Crippen LogP contribution is 2.33. The van der Waals surface area contributed by atoms with E-state index in [2.05, 4.69) is 0 Å². The smallest absolute Gasteiger partial charge is 0.122 e. The third-order valence-electron chi connectivity index (χ3n) is 2.21. The van der Waals surface area contributed by atoms with E-state index in [0.29, 0.717) is 10.6 Å². The van der Waals surface area contributed by atoms with Gasteiger partial charge in [-0.25, -0.2) is 0 Å². The van der Waals surface area contributed by atoms with Gasteiger partial charge in [-0.3, -0.25) is 5.41 Å². The van der Waals surface area contributed by atoms with E-state index in [9.17, 15) is 0 Å². The van der Waals surface area contributed by atoms with Crippen molar-refractivity contribution in [2.24, 2.45) is 5.73 Å². The number of halogens is 1. The topological polar surface area (TPSA) is 49.9 Å². The molecule has 0 heterocycles. The van der Waals surface area contributed by atoms with Crippen LogP contribution in [0.25, 0.3) is 0 Å². The lowest BCUT2D eigenvalue weighted by Gasteiger charge is -2.06. The Balaban J connectivity index is 2.26. The molecule has 0 unspecified atom stereocenters. The Hall–Kier alpha value is -1.45. The van der Waals surface area contributed by atoms with E-state index in [-0.39, 0.29) is 5.84 Å². The number of nitrogen functional groups attached to an aromatic ring is 1. The molecule has 0 spiro atoms. The van der Waals surface area contributed by atoms with Gasteiger partial charge in [0.1, 0.15) is 5.84 Å². The quantitative estimate of drug-likeness (QED) is 0.653. The van der Waals surface area contributed by atoms with Crippen molar-refractivity contribution < 1.29 is 0 Å². The maximum atomic E-state index is 7.34. The molecule has 0 radical (unpaired) electrons. The fourth-order valence-electron chi connectivity index (χ4n) is 1.37. The van der Waals surface area contributed by atoms with Crippen molar-refractivity contribution >= 4 is 29.2 Å². The average Bonchev–Trinajstić information content (AvgIpc) is 2.33. The van der Waals surface area contributed by atoms with Crippen molar-refractivity contribution in [3.63, 3.8) is 0 Å². The minimum absolute atomic E-state index is 0.0307. The molecule has 0 aliphatic rings. The van der Waals surface area contributed by atoms with Gasteiger partial charge in [0.05, 0.1) is 5.02 Å². The van der Waals surface area contributed by atoms with Gasteiger partial charge in [-0.05, 0) is 24.3 Å². The van der Waals surface area contributed by atoms with Crippen molar-refractivity contribution in [2.45, 2.75) is 9.79 Å². The molecule has 0 amide bonds. The highest BCUT2D eigenvalue weighted by Gasteiger charge is 2.05. The van der Waals surface area contributed by atoms with Crippen LogP contribution in [0.1, 0.15) is 5.56 Å². The van der Waals surface area contributed by atoms with Crippen LogP contribution in [0.3, 0.4) is 0 Å². The summed E-state index contributed by atoms with van der Waals surface area (Å²) >= 11 is 7.74. The fraction of sp³-hybridized carbons (Fsp3) is 0. The summed E-state index contributed by atoms with van der Waals surface area (Å²) in [5.41, 5.74) is 6.05. The summed E-state index contributed by atoms with van der Waals surface area (Å²) in [5, 5.41) is 7.95. The molecule has 0 bridgehead atoms. The van der Waals surface area contributed by atoms with Crippen molar-refractivity contribution in [1.82, 2.24) is 0 Å². The van der Waals surface area contributed by atoms with Gasteiger partial charge < -0.3 is 5.73 Å². The highest BCUT2D eigenvalue weighted by molar-refractivity contribution is 7.99. The minimum atomic E-state index is 0.0307. The molecule has 2 nitrogen and oxygen atoms in total. The summed E-state index contributed by atoms with van der Waals surface area (Å²) in [7, 11) is 0. The lowest BCUT2D eigenvalue weighted by molar-refractivity contribution is 1.37. The lowest BCUT2D eigenvalue weighted by atomic mass is 10.2. The summed E-state index contributed by atoms with van der Waals surface area (Å²) in [6.45, 7) is 0. The van der Waals surface area contributed by atoms with Crippen molar-refractivity contribution in [3.05, 3.63) is 59.1 Å². The molecule has 17 heavy (non-hydrogen) atoms. The van der Waals surface area contributed by atoms with Crippen molar-refractivity contribution in [2.75, 3.05) is 0 Å². The van der Waals surface area contributed by atoms with Crippen LogP contribution in [0.4, 0.5) is 0 Å². The van der Waals surface area contributed by atoms with Gasteiger partial charge in [0.25, 0.3) is 0 Å². The molecular weight excluding hydrogens is 252 g/mol. The Kier molecular flexibility index (Phi) is 3.71. The first-order valence-corrected chi connectivity index (χ1v) is 6.23. The van der Waals surface area contributed by atoms with Crippen LogP contribution < -0.4 is 5.73 Å². The summed E-state index contributed by atoms with van der Waals surface area (Å²) in [6.07, 6.45) is 0. The molecule has 2 aromatic rings. The number of benzene rings is 2. The third kappa shape index (κ3) is 3.02. The summed E-state index contributed by atoms with van der Waals surface area (Å²) in [5.74, 6) is 0.0307. The normalized spacial score (nSPS) is 10.2. The second-order valence-electron chi connectivity index (χ2n) is 3.47. The Morgan fingerprint density at radius 2 is 1.82 bits per heavy atom. The van der Waals surface area contributed by atoms with Gasteiger partial charge in [0.15, 0.2) is 0 Å². The molecule has 0 aliphatic carbocycles.